The number of phenolic OH excluding ortho intramolecular Hbond substituents is 1. The minimum absolute atomic E-state index is 0.153. The van der Waals surface area contributed by atoms with Crippen LogP contribution in [-0.4, -0.2) is 33.7 Å². The summed E-state index contributed by atoms with van der Waals surface area (Å²) in [7, 11) is 0. The molecule has 0 bridgehead atoms. The van der Waals surface area contributed by atoms with Crippen LogP contribution >= 0.6 is 0 Å². The van der Waals surface area contributed by atoms with Crippen molar-refractivity contribution in [1.29, 1.82) is 0 Å². The summed E-state index contributed by atoms with van der Waals surface area (Å²) in [5.41, 5.74) is 0.191. The van der Waals surface area contributed by atoms with Crippen molar-refractivity contribution >= 4 is 0 Å². The third kappa shape index (κ3) is 2.68. The maximum atomic E-state index is 10.7. The Hall–Kier alpha value is -1.06. The topological polar surface area (TPSA) is 43.7 Å². The van der Waals surface area contributed by atoms with Gasteiger partial charge in [-0.25, -0.2) is 0 Å². The Morgan fingerprint density at radius 1 is 1.17 bits per heavy atom. The standard InChI is InChI=1S/C15H23NO2/c1-14(2,3)16-9-7-15(18,8-10-16)12-5-4-6-13(17)11-12/h4-6,11,17-18H,7-10H2,1-3H3. The molecule has 0 unspecified atom stereocenters. The van der Waals surface area contributed by atoms with Gasteiger partial charge in [-0.1, -0.05) is 12.1 Å². The van der Waals surface area contributed by atoms with Crippen LogP contribution < -0.4 is 0 Å². The molecule has 1 aliphatic heterocycles. The molecule has 2 N–H and O–H groups in total. The predicted octanol–water partition coefficient (Wildman–Crippen LogP) is 2.47. The molecule has 1 saturated heterocycles. The number of nitrogens with zero attached hydrogens (tertiary/aromatic N) is 1. The highest BCUT2D eigenvalue weighted by molar-refractivity contribution is 5.31. The van der Waals surface area contributed by atoms with E-state index in [-0.39, 0.29) is 11.3 Å². The van der Waals surface area contributed by atoms with E-state index in [2.05, 4.69) is 25.7 Å². The lowest BCUT2D eigenvalue weighted by atomic mass is 9.83. The summed E-state index contributed by atoms with van der Waals surface area (Å²) in [6, 6.07) is 7.00. The van der Waals surface area contributed by atoms with E-state index in [1.54, 1.807) is 18.2 Å². The van der Waals surface area contributed by atoms with Crippen molar-refractivity contribution in [3.63, 3.8) is 0 Å². The van der Waals surface area contributed by atoms with Gasteiger partial charge in [-0.15, -0.1) is 0 Å². The summed E-state index contributed by atoms with van der Waals surface area (Å²) in [5.74, 6) is 0.221. The lowest BCUT2D eigenvalue weighted by molar-refractivity contribution is -0.0462. The van der Waals surface area contributed by atoms with E-state index >= 15 is 0 Å². The number of piperidine rings is 1. The number of hydrogen-bond acceptors (Lipinski definition) is 3. The Kier molecular flexibility index (Phi) is 3.39. The molecule has 1 aromatic carbocycles. The van der Waals surface area contributed by atoms with Crippen LogP contribution in [0.3, 0.4) is 0 Å². The zero-order valence-electron chi connectivity index (χ0n) is 11.5. The number of phenols is 1. The molecule has 1 fully saturated rings. The molecule has 2 rings (SSSR count). The Bertz CT molecular complexity index is 415. The molecule has 0 aliphatic carbocycles. The van der Waals surface area contributed by atoms with E-state index in [9.17, 15) is 10.2 Å². The van der Waals surface area contributed by atoms with Crippen LogP contribution in [0.5, 0.6) is 5.75 Å². The third-order valence-corrected chi connectivity index (χ3v) is 3.92. The van der Waals surface area contributed by atoms with Crippen molar-refractivity contribution in [1.82, 2.24) is 4.90 Å². The first kappa shape index (κ1) is 13.4. The number of rotatable bonds is 1. The lowest BCUT2D eigenvalue weighted by Crippen LogP contribution is -2.50. The smallest absolute Gasteiger partial charge is 0.115 e. The summed E-state index contributed by atoms with van der Waals surface area (Å²) < 4.78 is 0. The SMILES string of the molecule is CC(C)(C)N1CCC(O)(c2cccc(O)c2)CC1. The fourth-order valence-corrected chi connectivity index (χ4v) is 2.63. The van der Waals surface area contributed by atoms with Crippen LogP contribution in [-0.2, 0) is 5.60 Å². The van der Waals surface area contributed by atoms with Crippen LogP contribution in [0.1, 0.15) is 39.2 Å². The van der Waals surface area contributed by atoms with Crippen molar-refractivity contribution in [3.05, 3.63) is 29.8 Å². The van der Waals surface area contributed by atoms with Crippen LogP contribution in [0.25, 0.3) is 0 Å². The molecule has 1 aromatic rings. The van der Waals surface area contributed by atoms with Crippen LogP contribution in [0.4, 0.5) is 0 Å². The van der Waals surface area contributed by atoms with Gasteiger partial charge in [0.05, 0.1) is 5.60 Å². The zero-order chi connectivity index (χ0) is 13.4. The van der Waals surface area contributed by atoms with Crippen LogP contribution in [0.15, 0.2) is 24.3 Å². The van der Waals surface area contributed by atoms with Crippen molar-refractivity contribution in [2.24, 2.45) is 0 Å². The second-order valence-corrected chi connectivity index (χ2v) is 6.24. The molecular weight excluding hydrogens is 226 g/mol. The average Bonchev–Trinajstić information content (AvgIpc) is 2.28. The first-order valence-corrected chi connectivity index (χ1v) is 6.58. The minimum atomic E-state index is -0.791. The number of hydrogen-bond donors (Lipinski definition) is 2. The Morgan fingerprint density at radius 2 is 1.78 bits per heavy atom. The molecule has 0 aromatic heterocycles. The largest absolute Gasteiger partial charge is 0.508 e. The van der Waals surface area contributed by atoms with Gasteiger partial charge in [-0.05, 0) is 51.3 Å². The van der Waals surface area contributed by atoms with Crippen molar-refractivity contribution in [3.8, 4) is 5.75 Å². The van der Waals surface area contributed by atoms with E-state index in [0.717, 1.165) is 18.7 Å². The molecule has 0 spiro atoms. The highest BCUT2D eigenvalue weighted by atomic mass is 16.3. The predicted molar refractivity (Wildman–Crippen MR) is 72.6 cm³/mol. The molecule has 0 saturated carbocycles. The molecule has 100 valence electrons. The van der Waals surface area contributed by atoms with Crippen molar-refractivity contribution in [2.45, 2.75) is 44.8 Å². The molecular formula is C15H23NO2. The number of benzene rings is 1. The molecule has 0 radical (unpaired) electrons. The molecule has 1 aliphatic rings. The van der Waals surface area contributed by atoms with Gasteiger partial charge in [0.15, 0.2) is 0 Å². The van der Waals surface area contributed by atoms with E-state index in [1.807, 2.05) is 6.07 Å². The van der Waals surface area contributed by atoms with Gasteiger partial charge >= 0.3 is 0 Å². The highest BCUT2D eigenvalue weighted by Gasteiger charge is 2.36. The summed E-state index contributed by atoms with van der Waals surface area (Å²) in [6.45, 7) is 8.37. The summed E-state index contributed by atoms with van der Waals surface area (Å²) in [4.78, 5) is 2.39. The molecule has 1 heterocycles. The number of aromatic hydroxyl groups is 1. The molecule has 3 nitrogen and oxygen atoms in total. The fourth-order valence-electron chi connectivity index (χ4n) is 2.63. The van der Waals surface area contributed by atoms with E-state index in [4.69, 9.17) is 0 Å². The van der Waals surface area contributed by atoms with Crippen molar-refractivity contribution in [2.75, 3.05) is 13.1 Å². The summed E-state index contributed by atoms with van der Waals surface area (Å²) in [6.07, 6.45) is 1.43. The maximum Gasteiger partial charge on any atom is 0.115 e. The molecule has 0 amide bonds. The fraction of sp³-hybridized carbons (Fsp3) is 0.600. The van der Waals surface area contributed by atoms with Gasteiger partial charge in [0, 0.05) is 18.6 Å². The van der Waals surface area contributed by atoms with Crippen molar-refractivity contribution < 1.29 is 10.2 Å². The Labute approximate surface area is 109 Å². The van der Waals surface area contributed by atoms with Gasteiger partial charge in [0.1, 0.15) is 5.75 Å². The summed E-state index contributed by atoms with van der Waals surface area (Å²) >= 11 is 0. The molecule has 18 heavy (non-hydrogen) atoms. The van der Waals surface area contributed by atoms with E-state index < -0.39 is 5.60 Å². The van der Waals surface area contributed by atoms with Crippen LogP contribution in [0, 0.1) is 0 Å². The third-order valence-electron chi connectivity index (χ3n) is 3.92. The second kappa shape index (κ2) is 4.56. The van der Waals surface area contributed by atoms with Gasteiger partial charge in [0.2, 0.25) is 0 Å². The van der Waals surface area contributed by atoms with Gasteiger partial charge in [0.25, 0.3) is 0 Å². The molecule has 0 atom stereocenters. The summed E-state index contributed by atoms with van der Waals surface area (Å²) in [5, 5.41) is 20.2. The van der Waals surface area contributed by atoms with Crippen LogP contribution in [0.2, 0.25) is 0 Å². The monoisotopic (exact) mass is 249 g/mol. The Morgan fingerprint density at radius 3 is 2.28 bits per heavy atom. The number of likely N-dealkylation sites (tertiary alicyclic amines) is 1. The first-order chi connectivity index (χ1) is 8.31. The minimum Gasteiger partial charge on any atom is -0.508 e. The average molecular weight is 249 g/mol. The van der Waals surface area contributed by atoms with E-state index in [0.29, 0.717) is 12.8 Å². The highest BCUT2D eigenvalue weighted by Crippen LogP contribution is 2.35. The zero-order valence-corrected chi connectivity index (χ0v) is 11.5. The normalized spacial score (nSPS) is 20.9. The van der Waals surface area contributed by atoms with Gasteiger partial charge in [-0.3, -0.25) is 4.90 Å². The van der Waals surface area contributed by atoms with Gasteiger partial charge < -0.3 is 10.2 Å². The maximum absolute atomic E-state index is 10.7. The lowest BCUT2D eigenvalue weighted by Gasteiger charge is -2.44. The number of aliphatic hydroxyl groups is 1. The Balaban J connectivity index is 2.12. The molecule has 3 heteroatoms. The second-order valence-electron chi connectivity index (χ2n) is 6.24. The first-order valence-electron chi connectivity index (χ1n) is 6.58. The quantitative estimate of drug-likeness (QED) is 0.803. The van der Waals surface area contributed by atoms with Gasteiger partial charge in [-0.2, -0.15) is 0 Å². The van der Waals surface area contributed by atoms with E-state index in [1.165, 1.54) is 0 Å².